The number of nitrogens with one attached hydrogen (secondary N) is 1. The average molecular weight is 245 g/mol. The topological polar surface area (TPSA) is 45.1 Å². The lowest BCUT2D eigenvalue weighted by molar-refractivity contribution is 0.286. The van der Waals surface area contributed by atoms with Crippen molar-refractivity contribution in [2.24, 2.45) is 0 Å². The number of pyridine rings is 1. The normalized spacial score (nSPS) is 10.0. The minimum atomic E-state index is 0.263. The van der Waals surface area contributed by atoms with Gasteiger partial charge >= 0.3 is 0 Å². The van der Waals surface area contributed by atoms with E-state index in [1.54, 1.807) is 12.4 Å². The van der Waals surface area contributed by atoms with E-state index in [0.717, 1.165) is 29.5 Å². The first-order valence-electron chi connectivity index (χ1n) is 4.29. The van der Waals surface area contributed by atoms with Crippen LogP contribution in [-0.4, -0.2) is 23.2 Å². The fraction of sp³-hybridized carbons (Fsp3) is 0.444. The zero-order valence-corrected chi connectivity index (χ0v) is 8.92. The molecule has 0 unspecified atom stereocenters. The van der Waals surface area contributed by atoms with Gasteiger partial charge in [0.25, 0.3) is 0 Å². The summed E-state index contributed by atoms with van der Waals surface area (Å²) >= 11 is 3.39. The van der Waals surface area contributed by atoms with Gasteiger partial charge in [0, 0.05) is 25.5 Å². The highest BCUT2D eigenvalue weighted by Gasteiger charge is 1.96. The van der Waals surface area contributed by atoms with E-state index >= 15 is 0 Å². The van der Waals surface area contributed by atoms with Gasteiger partial charge in [0.15, 0.2) is 0 Å². The molecule has 0 saturated carbocycles. The van der Waals surface area contributed by atoms with Crippen molar-refractivity contribution in [1.82, 2.24) is 4.98 Å². The van der Waals surface area contributed by atoms with Gasteiger partial charge < -0.3 is 10.4 Å². The van der Waals surface area contributed by atoms with Crippen molar-refractivity contribution >= 4 is 21.6 Å². The zero-order chi connectivity index (χ0) is 9.52. The molecular weight excluding hydrogens is 232 g/mol. The van der Waals surface area contributed by atoms with Gasteiger partial charge in [0.1, 0.15) is 0 Å². The van der Waals surface area contributed by atoms with Crippen molar-refractivity contribution in [3.8, 4) is 0 Å². The summed E-state index contributed by atoms with van der Waals surface area (Å²) in [7, 11) is 0. The van der Waals surface area contributed by atoms with E-state index in [2.05, 4.69) is 26.2 Å². The Hall–Kier alpha value is -0.610. The van der Waals surface area contributed by atoms with Crippen LogP contribution in [0.25, 0.3) is 0 Å². The standard InChI is InChI=1S/C9H13BrN2O/c10-8-7-11-5-3-9(8)12-4-1-2-6-13/h3,5,7,13H,1-2,4,6H2,(H,11,12). The number of hydrogen-bond acceptors (Lipinski definition) is 3. The molecular formula is C9H13BrN2O. The summed E-state index contributed by atoms with van der Waals surface area (Å²) in [6, 6.07) is 1.92. The first-order valence-corrected chi connectivity index (χ1v) is 5.08. The van der Waals surface area contributed by atoms with E-state index in [9.17, 15) is 0 Å². The first kappa shape index (κ1) is 10.5. The summed E-state index contributed by atoms with van der Waals surface area (Å²) < 4.78 is 0.971. The van der Waals surface area contributed by atoms with Crippen molar-refractivity contribution in [3.63, 3.8) is 0 Å². The highest BCUT2D eigenvalue weighted by molar-refractivity contribution is 9.10. The van der Waals surface area contributed by atoms with Crippen molar-refractivity contribution in [3.05, 3.63) is 22.9 Å². The van der Waals surface area contributed by atoms with Gasteiger partial charge in [-0.15, -0.1) is 0 Å². The predicted molar refractivity (Wildman–Crippen MR) is 56.7 cm³/mol. The van der Waals surface area contributed by atoms with Crippen LogP contribution in [0, 0.1) is 0 Å². The quantitative estimate of drug-likeness (QED) is 0.780. The third-order valence-corrected chi connectivity index (χ3v) is 2.30. The number of halogens is 1. The van der Waals surface area contributed by atoms with Gasteiger partial charge in [-0.25, -0.2) is 0 Å². The first-order chi connectivity index (χ1) is 6.34. The van der Waals surface area contributed by atoms with E-state index in [1.165, 1.54) is 0 Å². The molecule has 1 rings (SSSR count). The molecule has 0 radical (unpaired) electrons. The Balaban J connectivity index is 2.32. The summed E-state index contributed by atoms with van der Waals surface area (Å²) in [6.45, 7) is 1.14. The molecule has 0 spiro atoms. The lowest BCUT2D eigenvalue weighted by Crippen LogP contribution is -2.02. The Labute approximate surface area is 86.3 Å². The summed E-state index contributed by atoms with van der Waals surface area (Å²) in [5, 5.41) is 11.8. The number of nitrogens with zero attached hydrogens (tertiary/aromatic N) is 1. The third-order valence-electron chi connectivity index (χ3n) is 1.67. The van der Waals surface area contributed by atoms with Crippen LogP contribution in [0.3, 0.4) is 0 Å². The summed E-state index contributed by atoms with van der Waals surface area (Å²) in [4.78, 5) is 3.96. The maximum Gasteiger partial charge on any atom is 0.0590 e. The fourth-order valence-electron chi connectivity index (χ4n) is 0.978. The third kappa shape index (κ3) is 3.74. The molecule has 1 aromatic heterocycles. The van der Waals surface area contributed by atoms with Gasteiger partial charge in [0.2, 0.25) is 0 Å². The molecule has 0 aliphatic rings. The molecule has 1 heterocycles. The molecule has 13 heavy (non-hydrogen) atoms. The number of aromatic nitrogens is 1. The Morgan fingerprint density at radius 2 is 2.31 bits per heavy atom. The Morgan fingerprint density at radius 3 is 3.00 bits per heavy atom. The number of unbranched alkanes of at least 4 members (excludes halogenated alkanes) is 1. The molecule has 0 aliphatic carbocycles. The van der Waals surface area contributed by atoms with Gasteiger partial charge in [-0.1, -0.05) is 0 Å². The molecule has 4 heteroatoms. The molecule has 0 atom stereocenters. The van der Waals surface area contributed by atoms with E-state index in [-0.39, 0.29) is 6.61 Å². The monoisotopic (exact) mass is 244 g/mol. The van der Waals surface area contributed by atoms with Crippen molar-refractivity contribution < 1.29 is 5.11 Å². The van der Waals surface area contributed by atoms with Crippen LogP contribution in [0.4, 0.5) is 5.69 Å². The second-order valence-electron chi connectivity index (χ2n) is 2.71. The largest absolute Gasteiger partial charge is 0.396 e. The van der Waals surface area contributed by atoms with Crippen molar-refractivity contribution in [2.45, 2.75) is 12.8 Å². The zero-order valence-electron chi connectivity index (χ0n) is 7.33. The Bertz CT molecular complexity index is 255. The minimum Gasteiger partial charge on any atom is -0.396 e. The number of hydrogen-bond donors (Lipinski definition) is 2. The molecule has 0 saturated heterocycles. The van der Waals surface area contributed by atoms with Crippen LogP contribution in [0.1, 0.15) is 12.8 Å². The van der Waals surface area contributed by atoms with Crippen LogP contribution in [-0.2, 0) is 0 Å². The highest BCUT2D eigenvalue weighted by atomic mass is 79.9. The van der Waals surface area contributed by atoms with Crippen LogP contribution < -0.4 is 5.32 Å². The number of rotatable bonds is 5. The second kappa shape index (κ2) is 5.94. The van der Waals surface area contributed by atoms with Gasteiger partial charge in [0.05, 0.1) is 10.2 Å². The highest BCUT2D eigenvalue weighted by Crippen LogP contribution is 2.19. The molecule has 1 aromatic rings. The lowest BCUT2D eigenvalue weighted by atomic mass is 10.3. The molecule has 0 aromatic carbocycles. The maximum absolute atomic E-state index is 8.57. The number of aliphatic hydroxyl groups excluding tert-OH is 1. The minimum absolute atomic E-state index is 0.263. The Kier molecular flexibility index (Phi) is 4.78. The van der Waals surface area contributed by atoms with Crippen LogP contribution in [0.15, 0.2) is 22.9 Å². The number of aliphatic hydroxyl groups is 1. The van der Waals surface area contributed by atoms with Crippen LogP contribution in [0.5, 0.6) is 0 Å². The maximum atomic E-state index is 8.57. The SMILES string of the molecule is OCCCCNc1ccncc1Br. The van der Waals surface area contributed by atoms with Crippen LogP contribution >= 0.6 is 15.9 Å². The molecule has 3 nitrogen and oxygen atoms in total. The smallest absolute Gasteiger partial charge is 0.0590 e. The fourth-order valence-corrected chi connectivity index (χ4v) is 1.37. The van der Waals surface area contributed by atoms with Gasteiger partial charge in [-0.05, 0) is 34.8 Å². The van der Waals surface area contributed by atoms with E-state index in [0.29, 0.717) is 0 Å². The summed E-state index contributed by atoms with van der Waals surface area (Å²) in [5.41, 5.74) is 1.05. The average Bonchev–Trinajstić information content (AvgIpc) is 2.15. The van der Waals surface area contributed by atoms with Crippen molar-refractivity contribution in [1.29, 1.82) is 0 Å². The molecule has 0 amide bonds. The van der Waals surface area contributed by atoms with Gasteiger partial charge in [-0.3, -0.25) is 4.98 Å². The molecule has 0 aliphatic heterocycles. The summed E-state index contributed by atoms with van der Waals surface area (Å²) in [5.74, 6) is 0. The Morgan fingerprint density at radius 1 is 1.46 bits per heavy atom. The predicted octanol–water partition coefficient (Wildman–Crippen LogP) is 2.03. The van der Waals surface area contributed by atoms with E-state index < -0.39 is 0 Å². The molecule has 2 N–H and O–H groups in total. The summed E-state index contributed by atoms with van der Waals surface area (Å²) in [6.07, 6.45) is 5.33. The number of anilines is 1. The van der Waals surface area contributed by atoms with Crippen LogP contribution in [0.2, 0.25) is 0 Å². The molecule has 0 bridgehead atoms. The molecule has 0 fully saturated rings. The lowest BCUT2D eigenvalue weighted by Gasteiger charge is -2.06. The van der Waals surface area contributed by atoms with E-state index in [4.69, 9.17) is 5.11 Å². The van der Waals surface area contributed by atoms with E-state index in [1.807, 2.05) is 6.07 Å². The van der Waals surface area contributed by atoms with Crippen molar-refractivity contribution in [2.75, 3.05) is 18.5 Å². The molecule has 72 valence electrons. The van der Waals surface area contributed by atoms with Gasteiger partial charge in [-0.2, -0.15) is 0 Å². The second-order valence-corrected chi connectivity index (χ2v) is 3.57.